The molecule has 1 atom stereocenters. The summed E-state index contributed by atoms with van der Waals surface area (Å²) in [5.41, 5.74) is 2.47. The Bertz CT molecular complexity index is 972. The molecule has 7 nitrogen and oxygen atoms in total. The SMILES string of the molecule is O=C(CC1CSc2nc3c(c(=O)n21)CCC3)Nc1ccc2c(c1)OCO2. The van der Waals surface area contributed by atoms with Crippen molar-refractivity contribution in [2.45, 2.75) is 36.9 Å². The van der Waals surface area contributed by atoms with Crippen LogP contribution in [0.5, 0.6) is 11.5 Å². The van der Waals surface area contributed by atoms with Crippen molar-refractivity contribution >= 4 is 23.4 Å². The third-order valence-corrected chi connectivity index (χ3v) is 6.05. The lowest BCUT2D eigenvalue weighted by Crippen LogP contribution is -2.30. The van der Waals surface area contributed by atoms with Crippen molar-refractivity contribution in [3.8, 4) is 11.5 Å². The first-order chi connectivity index (χ1) is 12.7. The van der Waals surface area contributed by atoms with Crippen LogP contribution in [0.2, 0.25) is 0 Å². The summed E-state index contributed by atoms with van der Waals surface area (Å²) in [7, 11) is 0. The van der Waals surface area contributed by atoms with Crippen molar-refractivity contribution in [2.24, 2.45) is 0 Å². The molecule has 0 saturated carbocycles. The molecule has 5 rings (SSSR count). The summed E-state index contributed by atoms with van der Waals surface area (Å²) in [5, 5.41) is 3.63. The lowest BCUT2D eigenvalue weighted by Gasteiger charge is -2.14. The van der Waals surface area contributed by atoms with Crippen molar-refractivity contribution in [1.82, 2.24) is 9.55 Å². The van der Waals surface area contributed by atoms with E-state index in [0.717, 1.165) is 35.7 Å². The van der Waals surface area contributed by atoms with Gasteiger partial charge in [-0.25, -0.2) is 4.98 Å². The van der Waals surface area contributed by atoms with E-state index in [1.807, 2.05) is 0 Å². The van der Waals surface area contributed by atoms with Crippen LogP contribution < -0.4 is 20.3 Å². The molecule has 1 unspecified atom stereocenters. The van der Waals surface area contributed by atoms with Gasteiger partial charge < -0.3 is 14.8 Å². The third-order valence-electron chi connectivity index (χ3n) is 4.95. The lowest BCUT2D eigenvalue weighted by molar-refractivity contribution is -0.116. The Balaban J connectivity index is 1.34. The summed E-state index contributed by atoms with van der Waals surface area (Å²) in [4.78, 5) is 29.9. The fraction of sp³-hybridized carbons (Fsp3) is 0.389. The van der Waals surface area contributed by atoms with Crippen molar-refractivity contribution in [3.63, 3.8) is 0 Å². The van der Waals surface area contributed by atoms with Gasteiger partial charge in [-0.15, -0.1) is 0 Å². The summed E-state index contributed by atoms with van der Waals surface area (Å²) < 4.78 is 12.3. The molecule has 1 N–H and O–H groups in total. The molecule has 0 spiro atoms. The first-order valence-corrected chi connectivity index (χ1v) is 9.64. The minimum Gasteiger partial charge on any atom is -0.454 e. The van der Waals surface area contributed by atoms with E-state index in [1.165, 1.54) is 0 Å². The number of hydrogen-bond donors (Lipinski definition) is 1. The Morgan fingerprint density at radius 1 is 1.31 bits per heavy atom. The van der Waals surface area contributed by atoms with Crippen molar-refractivity contribution in [2.75, 3.05) is 17.9 Å². The number of benzene rings is 1. The molecular weight excluding hydrogens is 354 g/mol. The van der Waals surface area contributed by atoms with Gasteiger partial charge in [0.2, 0.25) is 12.7 Å². The highest BCUT2D eigenvalue weighted by Crippen LogP contribution is 2.36. The van der Waals surface area contributed by atoms with Crippen LogP contribution >= 0.6 is 11.8 Å². The number of rotatable bonds is 3. The van der Waals surface area contributed by atoms with Crippen LogP contribution in [-0.2, 0) is 17.6 Å². The van der Waals surface area contributed by atoms with E-state index < -0.39 is 0 Å². The summed E-state index contributed by atoms with van der Waals surface area (Å²) in [5.74, 6) is 1.87. The maximum absolute atomic E-state index is 12.8. The molecule has 0 saturated heterocycles. The number of fused-ring (bicyclic) bond motifs is 3. The van der Waals surface area contributed by atoms with E-state index in [4.69, 9.17) is 9.47 Å². The largest absolute Gasteiger partial charge is 0.454 e. The molecule has 1 aromatic heterocycles. The monoisotopic (exact) mass is 371 g/mol. The molecule has 3 heterocycles. The number of nitrogens with zero attached hydrogens (tertiary/aromatic N) is 2. The topological polar surface area (TPSA) is 82.5 Å². The highest BCUT2D eigenvalue weighted by molar-refractivity contribution is 7.99. The van der Waals surface area contributed by atoms with E-state index in [2.05, 4.69) is 10.3 Å². The molecule has 0 bridgehead atoms. The van der Waals surface area contributed by atoms with Gasteiger partial charge in [0, 0.05) is 29.5 Å². The Morgan fingerprint density at radius 2 is 2.19 bits per heavy atom. The van der Waals surface area contributed by atoms with E-state index in [0.29, 0.717) is 22.9 Å². The molecule has 1 aromatic carbocycles. The number of amides is 1. The van der Waals surface area contributed by atoms with Gasteiger partial charge in [-0.1, -0.05) is 11.8 Å². The zero-order valence-electron chi connectivity index (χ0n) is 14.0. The van der Waals surface area contributed by atoms with Crippen molar-refractivity contribution in [3.05, 3.63) is 39.8 Å². The van der Waals surface area contributed by atoms with E-state index >= 15 is 0 Å². The molecule has 0 radical (unpaired) electrons. The highest BCUT2D eigenvalue weighted by Gasteiger charge is 2.31. The molecule has 1 amide bonds. The second-order valence-electron chi connectivity index (χ2n) is 6.63. The van der Waals surface area contributed by atoms with Crippen LogP contribution in [0.25, 0.3) is 0 Å². The third kappa shape index (κ3) is 2.56. The molecule has 1 aliphatic carbocycles. The second-order valence-corrected chi connectivity index (χ2v) is 7.62. The van der Waals surface area contributed by atoms with Gasteiger partial charge in [0.15, 0.2) is 16.7 Å². The number of nitrogens with one attached hydrogen (secondary N) is 1. The Morgan fingerprint density at radius 3 is 3.12 bits per heavy atom. The van der Waals surface area contributed by atoms with Gasteiger partial charge in [0.25, 0.3) is 5.56 Å². The molecule has 134 valence electrons. The number of aromatic nitrogens is 2. The number of anilines is 1. The molecule has 3 aliphatic rings. The standard InChI is InChI=1S/C18H17N3O4S/c22-16(19-10-4-5-14-15(6-10)25-9-24-14)7-11-8-26-18-20-13-3-1-2-12(13)17(23)21(11)18/h4-6,11H,1-3,7-9H2,(H,19,22). The average molecular weight is 371 g/mol. The molecule has 2 aliphatic heterocycles. The maximum Gasteiger partial charge on any atom is 0.257 e. The number of thioether (sulfide) groups is 1. The predicted octanol–water partition coefficient (Wildman–Crippen LogP) is 2.14. The first kappa shape index (κ1) is 15.7. The van der Waals surface area contributed by atoms with E-state index in [9.17, 15) is 9.59 Å². The van der Waals surface area contributed by atoms with Crippen LogP contribution in [0, 0.1) is 0 Å². The summed E-state index contributed by atoms with van der Waals surface area (Å²) >= 11 is 1.56. The van der Waals surface area contributed by atoms with Crippen molar-refractivity contribution < 1.29 is 14.3 Å². The van der Waals surface area contributed by atoms with E-state index in [1.54, 1.807) is 34.5 Å². The van der Waals surface area contributed by atoms with Gasteiger partial charge in [-0.3, -0.25) is 14.2 Å². The predicted molar refractivity (Wildman–Crippen MR) is 96.1 cm³/mol. The zero-order valence-corrected chi connectivity index (χ0v) is 14.8. The minimum atomic E-state index is -0.157. The number of hydrogen-bond acceptors (Lipinski definition) is 6. The summed E-state index contributed by atoms with van der Waals surface area (Å²) in [6, 6.07) is 5.15. The molecule has 8 heteroatoms. The fourth-order valence-electron chi connectivity index (χ4n) is 3.70. The molecule has 2 aromatic rings. The smallest absolute Gasteiger partial charge is 0.257 e. The normalized spacial score (nSPS) is 19.3. The van der Waals surface area contributed by atoms with Gasteiger partial charge in [-0.2, -0.15) is 0 Å². The minimum absolute atomic E-state index is 0.0355. The number of carbonyl (C=O) groups is 1. The highest BCUT2D eigenvalue weighted by atomic mass is 32.2. The van der Waals surface area contributed by atoms with Crippen LogP contribution in [-0.4, -0.2) is 28.0 Å². The molecular formula is C18H17N3O4S. The van der Waals surface area contributed by atoms with Gasteiger partial charge >= 0.3 is 0 Å². The number of ether oxygens (including phenoxy) is 2. The van der Waals surface area contributed by atoms with Gasteiger partial charge in [-0.05, 0) is 31.4 Å². The molecule has 0 fully saturated rings. The van der Waals surface area contributed by atoms with Crippen LogP contribution in [0.15, 0.2) is 28.2 Å². The Labute approximate surface area is 153 Å². The van der Waals surface area contributed by atoms with Crippen LogP contribution in [0.3, 0.4) is 0 Å². The zero-order chi connectivity index (χ0) is 17.7. The average Bonchev–Trinajstić information content (AvgIpc) is 3.34. The van der Waals surface area contributed by atoms with Gasteiger partial charge in [0.1, 0.15) is 0 Å². The second kappa shape index (κ2) is 6.05. The summed E-state index contributed by atoms with van der Waals surface area (Å²) in [6.45, 7) is 0.197. The molecule has 26 heavy (non-hydrogen) atoms. The van der Waals surface area contributed by atoms with E-state index in [-0.39, 0.29) is 30.7 Å². The maximum atomic E-state index is 12.8. The Hall–Kier alpha value is -2.48. The number of aryl methyl sites for hydroxylation is 1. The quantitative estimate of drug-likeness (QED) is 0.833. The van der Waals surface area contributed by atoms with Gasteiger partial charge in [0.05, 0.1) is 11.7 Å². The summed E-state index contributed by atoms with van der Waals surface area (Å²) in [6.07, 6.45) is 2.91. The Kier molecular flexibility index (Phi) is 3.66. The van der Waals surface area contributed by atoms with Crippen LogP contribution in [0.1, 0.15) is 30.1 Å². The van der Waals surface area contributed by atoms with Crippen molar-refractivity contribution in [1.29, 1.82) is 0 Å². The van der Waals surface area contributed by atoms with Crippen LogP contribution in [0.4, 0.5) is 5.69 Å². The first-order valence-electron chi connectivity index (χ1n) is 8.65. The number of carbonyl (C=O) groups excluding carboxylic acids is 1. The lowest BCUT2D eigenvalue weighted by atomic mass is 10.2. The fourth-order valence-corrected chi connectivity index (χ4v) is 4.86.